The number of ether oxygens (including phenoxy) is 2. The van der Waals surface area contributed by atoms with Crippen LogP contribution in [0.25, 0.3) is 0 Å². The Balaban J connectivity index is 1.79. The second-order valence-electron chi connectivity index (χ2n) is 6.00. The molecule has 2 heterocycles. The Morgan fingerprint density at radius 1 is 1.33 bits per heavy atom. The molecule has 2 aliphatic heterocycles. The number of morpholine rings is 1. The van der Waals surface area contributed by atoms with E-state index >= 15 is 0 Å². The number of hydrogen-bond acceptors (Lipinski definition) is 3. The van der Waals surface area contributed by atoms with Crippen molar-refractivity contribution in [1.82, 2.24) is 4.90 Å². The number of amides is 1. The van der Waals surface area contributed by atoms with E-state index in [1.165, 1.54) is 0 Å². The first kappa shape index (κ1) is 12.3. The second-order valence-corrected chi connectivity index (χ2v) is 6.00. The van der Waals surface area contributed by atoms with Gasteiger partial charge in [-0.3, -0.25) is 4.79 Å². The molecule has 0 aromatic heterocycles. The first-order valence-corrected chi connectivity index (χ1v) is 6.24. The van der Waals surface area contributed by atoms with Crippen LogP contribution >= 0.6 is 0 Å². The van der Waals surface area contributed by atoms with Crippen molar-refractivity contribution in [2.45, 2.75) is 43.9 Å². The fourth-order valence-corrected chi connectivity index (χ4v) is 2.82. The van der Waals surface area contributed by atoms with E-state index in [2.05, 4.69) is 0 Å². The van der Waals surface area contributed by atoms with Crippen molar-refractivity contribution in [1.29, 1.82) is 0 Å². The maximum Gasteiger partial charge on any atom is 0.260 e. The van der Waals surface area contributed by atoms with Crippen LogP contribution in [-0.2, 0) is 14.3 Å². The predicted molar refractivity (Wildman–Crippen MR) is 58.3 cm³/mol. The first-order chi connectivity index (χ1) is 8.30. The minimum Gasteiger partial charge on any atom is -0.376 e. The van der Waals surface area contributed by atoms with Gasteiger partial charge in [0.05, 0.1) is 24.9 Å². The Labute approximate surface area is 104 Å². The zero-order chi connectivity index (χ0) is 13.1. The van der Waals surface area contributed by atoms with Crippen molar-refractivity contribution >= 4 is 5.91 Å². The molecule has 3 fully saturated rings. The van der Waals surface area contributed by atoms with Gasteiger partial charge in [0, 0.05) is 13.0 Å². The van der Waals surface area contributed by atoms with Gasteiger partial charge in [-0.2, -0.15) is 0 Å². The smallest absolute Gasteiger partial charge is 0.260 e. The van der Waals surface area contributed by atoms with Crippen LogP contribution in [0.1, 0.15) is 20.3 Å². The second kappa shape index (κ2) is 3.63. The molecule has 3 atom stereocenters. The summed E-state index contributed by atoms with van der Waals surface area (Å²) in [6.07, 6.45) is -0.507. The topological polar surface area (TPSA) is 38.8 Å². The van der Waals surface area contributed by atoms with Gasteiger partial charge in [-0.1, -0.05) is 0 Å². The van der Waals surface area contributed by atoms with Crippen molar-refractivity contribution in [2.75, 3.05) is 19.8 Å². The molecule has 0 N–H and O–H groups in total. The van der Waals surface area contributed by atoms with E-state index in [-0.39, 0.29) is 18.6 Å². The Morgan fingerprint density at radius 2 is 2.00 bits per heavy atom. The molecule has 1 aliphatic carbocycles. The van der Waals surface area contributed by atoms with Gasteiger partial charge in [-0.25, -0.2) is 8.78 Å². The molecule has 3 aliphatic rings. The van der Waals surface area contributed by atoms with Crippen molar-refractivity contribution in [3.63, 3.8) is 0 Å². The molecule has 0 aromatic carbocycles. The van der Waals surface area contributed by atoms with Gasteiger partial charge >= 0.3 is 0 Å². The van der Waals surface area contributed by atoms with Gasteiger partial charge in [-0.15, -0.1) is 0 Å². The monoisotopic (exact) mass is 261 g/mol. The zero-order valence-corrected chi connectivity index (χ0v) is 10.5. The lowest BCUT2D eigenvalue weighted by Gasteiger charge is -2.45. The molecule has 0 spiro atoms. The fraction of sp³-hybridized carbons (Fsp3) is 0.917. The number of hydrogen-bond donors (Lipinski definition) is 0. The Kier molecular flexibility index (Phi) is 2.48. The molecule has 1 unspecified atom stereocenters. The van der Waals surface area contributed by atoms with E-state index in [9.17, 15) is 13.6 Å². The lowest BCUT2D eigenvalue weighted by Crippen LogP contribution is -2.60. The van der Waals surface area contributed by atoms with Crippen LogP contribution in [0.15, 0.2) is 0 Å². The van der Waals surface area contributed by atoms with Crippen LogP contribution in [0.3, 0.4) is 0 Å². The summed E-state index contributed by atoms with van der Waals surface area (Å²) in [5.41, 5.74) is -0.505. The summed E-state index contributed by atoms with van der Waals surface area (Å²) in [6, 6.07) is -0.207. The van der Waals surface area contributed by atoms with Crippen molar-refractivity contribution in [3.8, 4) is 0 Å². The molecular weight excluding hydrogens is 244 g/mol. The minimum atomic E-state index is -2.81. The number of carbonyl (C=O) groups is 1. The Bertz CT molecular complexity index is 386. The number of rotatable bonds is 1. The van der Waals surface area contributed by atoms with Crippen molar-refractivity contribution in [3.05, 3.63) is 0 Å². The maximum atomic E-state index is 13.0. The summed E-state index contributed by atoms with van der Waals surface area (Å²) >= 11 is 0. The molecule has 1 amide bonds. The summed E-state index contributed by atoms with van der Waals surface area (Å²) in [7, 11) is 0. The Morgan fingerprint density at radius 3 is 2.61 bits per heavy atom. The number of nitrogens with zero attached hydrogens (tertiary/aromatic N) is 1. The van der Waals surface area contributed by atoms with Crippen molar-refractivity contribution < 1.29 is 23.0 Å². The van der Waals surface area contributed by atoms with Gasteiger partial charge in [0.2, 0.25) is 5.91 Å². The van der Waals surface area contributed by atoms with Crippen LogP contribution < -0.4 is 0 Å². The molecule has 0 aromatic rings. The highest BCUT2D eigenvalue weighted by molar-refractivity contribution is 5.83. The van der Waals surface area contributed by atoms with Crippen LogP contribution in [-0.4, -0.2) is 54.2 Å². The van der Waals surface area contributed by atoms with Gasteiger partial charge in [0.25, 0.3) is 5.92 Å². The molecule has 0 bridgehead atoms. The molecule has 18 heavy (non-hydrogen) atoms. The molecule has 6 heteroatoms. The number of halogens is 2. The average molecular weight is 261 g/mol. The van der Waals surface area contributed by atoms with Gasteiger partial charge in [-0.05, 0) is 13.8 Å². The van der Waals surface area contributed by atoms with Gasteiger partial charge in [0.15, 0.2) is 0 Å². The summed E-state index contributed by atoms with van der Waals surface area (Å²) in [5.74, 6) is -4.39. The van der Waals surface area contributed by atoms with Crippen LogP contribution in [0, 0.1) is 5.92 Å². The third-order valence-electron chi connectivity index (χ3n) is 3.83. The van der Waals surface area contributed by atoms with Gasteiger partial charge < -0.3 is 14.4 Å². The van der Waals surface area contributed by atoms with E-state index in [1.807, 2.05) is 13.8 Å². The SMILES string of the molecule is CC1(C)CN(C(=O)C2CC2(F)F)[C@@H]2COC[C@H]2O1. The molecule has 102 valence electrons. The number of alkyl halides is 2. The average Bonchev–Trinajstić information content (AvgIpc) is 2.70. The highest BCUT2D eigenvalue weighted by Gasteiger charge is 2.63. The lowest BCUT2D eigenvalue weighted by atomic mass is 10.00. The largest absolute Gasteiger partial charge is 0.376 e. The summed E-state index contributed by atoms with van der Waals surface area (Å²) in [4.78, 5) is 13.7. The van der Waals surface area contributed by atoms with Crippen LogP contribution in [0.2, 0.25) is 0 Å². The highest BCUT2D eigenvalue weighted by atomic mass is 19.3. The van der Waals surface area contributed by atoms with Gasteiger partial charge in [0.1, 0.15) is 12.0 Å². The molecular formula is C12H17F2NO3. The van der Waals surface area contributed by atoms with Crippen molar-refractivity contribution in [2.24, 2.45) is 5.92 Å². The number of fused-ring (bicyclic) bond motifs is 1. The normalized spacial score (nSPS) is 40.4. The minimum absolute atomic E-state index is 0.190. The summed E-state index contributed by atoms with van der Waals surface area (Å²) in [5, 5.41) is 0. The van der Waals surface area contributed by atoms with E-state index in [4.69, 9.17) is 9.47 Å². The molecule has 2 saturated heterocycles. The maximum absolute atomic E-state index is 13.0. The van der Waals surface area contributed by atoms with E-state index < -0.39 is 23.3 Å². The predicted octanol–water partition coefficient (Wildman–Crippen LogP) is 1.05. The highest BCUT2D eigenvalue weighted by Crippen LogP contribution is 2.50. The Hall–Kier alpha value is -0.750. The van der Waals surface area contributed by atoms with E-state index in [0.717, 1.165) is 0 Å². The third kappa shape index (κ3) is 1.91. The standard InChI is InChI=1S/C12H17F2NO3/c1-11(2)6-15(8-4-17-5-9(8)18-11)10(16)7-3-12(7,13)14/h7-9H,3-6H2,1-2H3/t7?,8-,9-/m1/s1. The molecule has 3 rings (SSSR count). The number of carbonyl (C=O) groups excluding carboxylic acids is 1. The fourth-order valence-electron chi connectivity index (χ4n) is 2.82. The molecule has 1 saturated carbocycles. The third-order valence-corrected chi connectivity index (χ3v) is 3.83. The van der Waals surface area contributed by atoms with E-state index in [0.29, 0.717) is 19.8 Å². The zero-order valence-electron chi connectivity index (χ0n) is 10.5. The quantitative estimate of drug-likeness (QED) is 0.708. The van der Waals surface area contributed by atoms with Crippen LogP contribution in [0.5, 0.6) is 0 Å². The summed E-state index contributed by atoms with van der Waals surface area (Å²) < 4.78 is 37.2. The lowest BCUT2D eigenvalue weighted by molar-refractivity contribution is -0.171. The molecule has 0 radical (unpaired) electrons. The van der Waals surface area contributed by atoms with E-state index in [1.54, 1.807) is 4.90 Å². The summed E-state index contributed by atoms with van der Waals surface area (Å²) in [6.45, 7) is 4.90. The first-order valence-electron chi connectivity index (χ1n) is 6.24. The molecule has 4 nitrogen and oxygen atoms in total. The van der Waals surface area contributed by atoms with Crippen LogP contribution in [0.4, 0.5) is 8.78 Å².